The molecule has 0 bridgehead atoms. The molecule has 1 aromatic rings. The normalized spacial score (nSPS) is 21.3. The van der Waals surface area contributed by atoms with Crippen molar-refractivity contribution in [1.82, 2.24) is 9.97 Å². The van der Waals surface area contributed by atoms with Gasteiger partial charge in [-0.15, -0.1) is 0 Å². The number of methoxy groups -OCH3 is 1. The maximum absolute atomic E-state index is 5.82. The van der Waals surface area contributed by atoms with E-state index in [4.69, 9.17) is 10.5 Å². The Morgan fingerprint density at radius 2 is 2.29 bits per heavy atom. The maximum Gasteiger partial charge on any atom is 0.257 e. The van der Waals surface area contributed by atoms with E-state index in [0.29, 0.717) is 5.88 Å². The molecule has 14 heavy (non-hydrogen) atoms. The fraction of sp³-hybridized carbons (Fsp3) is 0.556. The van der Waals surface area contributed by atoms with Crippen LogP contribution < -0.4 is 15.4 Å². The molecule has 1 saturated heterocycles. The first-order valence-electron chi connectivity index (χ1n) is 4.67. The summed E-state index contributed by atoms with van der Waals surface area (Å²) >= 11 is 0. The van der Waals surface area contributed by atoms with Gasteiger partial charge in [0.15, 0.2) is 5.82 Å². The minimum atomic E-state index is 0.238. The van der Waals surface area contributed by atoms with Crippen molar-refractivity contribution in [2.24, 2.45) is 5.73 Å². The monoisotopic (exact) mass is 194 g/mol. The maximum atomic E-state index is 5.82. The predicted molar refractivity (Wildman–Crippen MR) is 53.4 cm³/mol. The third-order valence-electron chi connectivity index (χ3n) is 2.36. The molecule has 1 aliphatic rings. The zero-order valence-electron chi connectivity index (χ0n) is 8.18. The summed E-state index contributed by atoms with van der Waals surface area (Å²) in [6.45, 7) is 1.76. The van der Waals surface area contributed by atoms with Crippen LogP contribution in [0.5, 0.6) is 5.88 Å². The Balaban J connectivity index is 2.22. The van der Waals surface area contributed by atoms with E-state index in [-0.39, 0.29) is 6.04 Å². The van der Waals surface area contributed by atoms with Crippen LogP contribution in [0.4, 0.5) is 5.82 Å². The second kappa shape index (κ2) is 3.79. The van der Waals surface area contributed by atoms with Gasteiger partial charge >= 0.3 is 0 Å². The minimum absolute atomic E-state index is 0.238. The van der Waals surface area contributed by atoms with E-state index in [0.717, 1.165) is 25.3 Å². The molecule has 1 aromatic heterocycles. The van der Waals surface area contributed by atoms with E-state index < -0.39 is 0 Å². The first kappa shape index (κ1) is 9.21. The van der Waals surface area contributed by atoms with Crippen molar-refractivity contribution in [2.75, 3.05) is 25.1 Å². The Kier molecular flexibility index (Phi) is 2.49. The van der Waals surface area contributed by atoms with Gasteiger partial charge in [-0.05, 0) is 6.42 Å². The van der Waals surface area contributed by atoms with Gasteiger partial charge in [0.25, 0.3) is 5.88 Å². The summed E-state index contributed by atoms with van der Waals surface area (Å²) in [6, 6.07) is 0.238. The van der Waals surface area contributed by atoms with E-state index >= 15 is 0 Å². The third kappa shape index (κ3) is 1.63. The van der Waals surface area contributed by atoms with Gasteiger partial charge in [-0.1, -0.05) is 0 Å². The van der Waals surface area contributed by atoms with Gasteiger partial charge in [0.05, 0.1) is 7.11 Å². The van der Waals surface area contributed by atoms with Gasteiger partial charge in [-0.3, -0.25) is 0 Å². The Labute approximate surface area is 82.9 Å². The molecule has 0 aliphatic carbocycles. The Morgan fingerprint density at radius 1 is 1.50 bits per heavy atom. The molecule has 0 spiro atoms. The zero-order valence-corrected chi connectivity index (χ0v) is 8.18. The Bertz CT molecular complexity index is 317. The van der Waals surface area contributed by atoms with E-state index in [1.54, 1.807) is 19.5 Å². The van der Waals surface area contributed by atoms with Crippen LogP contribution in [0.3, 0.4) is 0 Å². The fourth-order valence-corrected chi connectivity index (χ4v) is 1.66. The average Bonchev–Trinajstić information content (AvgIpc) is 2.65. The molecule has 5 nitrogen and oxygen atoms in total. The SMILES string of the molecule is COc1nccnc1N1CCC(N)C1. The van der Waals surface area contributed by atoms with Crippen molar-refractivity contribution in [3.63, 3.8) is 0 Å². The molecule has 1 atom stereocenters. The van der Waals surface area contributed by atoms with Crippen LogP contribution in [0.15, 0.2) is 12.4 Å². The van der Waals surface area contributed by atoms with Gasteiger partial charge < -0.3 is 15.4 Å². The van der Waals surface area contributed by atoms with Crippen LogP contribution in [0.1, 0.15) is 6.42 Å². The van der Waals surface area contributed by atoms with Gasteiger partial charge in [0.1, 0.15) is 0 Å². The smallest absolute Gasteiger partial charge is 0.257 e. The van der Waals surface area contributed by atoms with Crippen LogP contribution in [0, 0.1) is 0 Å². The number of hydrogen-bond donors (Lipinski definition) is 1. The quantitative estimate of drug-likeness (QED) is 0.719. The van der Waals surface area contributed by atoms with Crippen molar-refractivity contribution < 1.29 is 4.74 Å². The lowest BCUT2D eigenvalue weighted by Gasteiger charge is -2.17. The molecule has 2 N–H and O–H groups in total. The Hall–Kier alpha value is -1.36. The molecule has 0 amide bonds. The average molecular weight is 194 g/mol. The molecular weight excluding hydrogens is 180 g/mol. The highest BCUT2D eigenvalue weighted by molar-refractivity contribution is 5.48. The highest BCUT2D eigenvalue weighted by atomic mass is 16.5. The molecule has 0 radical (unpaired) electrons. The molecule has 0 aromatic carbocycles. The van der Waals surface area contributed by atoms with Crippen LogP contribution in [-0.2, 0) is 0 Å². The number of hydrogen-bond acceptors (Lipinski definition) is 5. The van der Waals surface area contributed by atoms with Crippen LogP contribution in [0.25, 0.3) is 0 Å². The van der Waals surface area contributed by atoms with Crippen molar-refractivity contribution in [3.05, 3.63) is 12.4 Å². The summed E-state index contributed by atoms with van der Waals surface area (Å²) in [5.74, 6) is 1.37. The lowest BCUT2D eigenvalue weighted by molar-refractivity contribution is 0.396. The number of ether oxygens (including phenoxy) is 1. The predicted octanol–water partition coefficient (Wildman–Crippen LogP) is 0.0226. The highest BCUT2D eigenvalue weighted by Gasteiger charge is 2.23. The van der Waals surface area contributed by atoms with E-state index in [9.17, 15) is 0 Å². The highest BCUT2D eigenvalue weighted by Crippen LogP contribution is 2.24. The lowest BCUT2D eigenvalue weighted by atomic mass is 10.3. The molecule has 1 aliphatic heterocycles. The van der Waals surface area contributed by atoms with E-state index in [1.165, 1.54) is 0 Å². The van der Waals surface area contributed by atoms with Crippen molar-refractivity contribution in [1.29, 1.82) is 0 Å². The third-order valence-corrected chi connectivity index (χ3v) is 2.36. The summed E-state index contributed by atoms with van der Waals surface area (Å²) in [5, 5.41) is 0. The molecule has 5 heteroatoms. The summed E-state index contributed by atoms with van der Waals surface area (Å²) in [4.78, 5) is 10.5. The van der Waals surface area contributed by atoms with Crippen molar-refractivity contribution >= 4 is 5.82 Å². The first-order chi connectivity index (χ1) is 6.81. The van der Waals surface area contributed by atoms with Gasteiger partial charge in [-0.2, -0.15) is 0 Å². The van der Waals surface area contributed by atoms with Crippen molar-refractivity contribution in [3.8, 4) is 5.88 Å². The number of aromatic nitrogens is 2. The molecule has 1 fully saturated rings. The van der Waals surface area contributed by atoms with Crippen LogP contribution >= 0.6 is 0 Å². The van der Waals surface area contributed by atoms with Crippen molar-refractivity contribution in [2.45, 2.75) is 12.5 Å². The second-order valence-corrected chi connectivity index (χ2v) is 3.38. The van der Waals surface area contributed by atoms with E-state index in [1.807, 2.05) is 0 Å². The largest absolute Gasteiger partial charge is 0.478 e. The van der Waals surface area contributed by atoms with Gasteiger partial charge in [0, 0.05) is 31.5 Å². The number of nitrogens with two attached hydrogens (primary N) is 1. The summed E-state index contributed by atoms with van der Waals surface area (Å²) < 4.78 is 5.14. The number of nitrogens with zero attached hydrogens (tertiary/aromatic N) is 3. The fourth-order valence-electron chi connectivity index (χ4n) is 1.66. The number of rotatable bonds is 2. The summed E-state index contributed by atoms with van der Waals surface area (Å²) in [6.07, 6.45) is 4.29. The van der Waals surface area contributed by atoms with E-state index in [2.05, 4.69) is 14.9 Å². The van der Waals surface area contributed by atoms with Crippen LogP contribution in [0.2, 0.25) is 0 Å². The van der Waals surface area contributed by atoms with Crippen LogP contribution in [-0.4, -0.2) is 36.2 Å². The molecule has 2 heterocycles. The van der Waals surface area contributed by atoms with Gasteiger partial charge in [-0.25, -0.2) is 9.97 Å². The summed E-state index contributed by atoms with van der Waals surface area (Å²) in [5.41, 5.74) is 5.82. The second-order valence-electron chi connectivity index (χ2n) is 3.38. The number of anilines is 1. The summed E-state index contributed by atoms with van der Waals surface area (Å²) in [7, 11) is 1.60. The zero-order chi connectivity index (χ0) is 9.97. The molecule has 2 rings (SSSR count). The molecule has 76 valence electrons. The van der Waals surface area contributed by atoms with Gasteiger partial charge in [0.2, 0.25) is 0 Å². The lowest BCUT2D eigenvalue weighted by Crippen LogP contribution is -2.27. The standard InChI is InChI=1S/C9H14N4O/c1-14-9-8(11-3-4-12-9)13-5-2-7(10)6-13/h3-4,7H,2,5-6,10H2,1H3. The first-order valence-corrected chi connectivity index (χ1v) is 4.67. The molecular formula is C9H14N4O. The topological polar surface area (TPSA) is 64.3 Å². The molecule has 1 unspecified atom stereocenters. The minimum Gasteiger partial charge on any atom is -0.478 e. The molecule has 0 saturated carbocycles. The Morgan fingerprint density at radius 3 is 2.93 bits per heavy atom.